The minimum absolute atomic E-state index is 0.152. The maximum Gasteiger partial charge on any atom is 0.151 e. The van der Waals surface area contributed by atoms with Gasteiger partial charge in [-0.15, -0.1) is 0 Å². The molecule has 0 aliphatic carbocycles. The molecule has 0 aliphatic rings. The molecule has 0 amide bonds. The molecule has 6 heteroatoms. The summed E-state index contributed by atoms with van der Waals surface area (Å²) >= 11 is 0. The molecule has 0 radical (unpaired) electrons. The molecule has 72 valence electrons. The quantitative estimate of drug-likeness (QED) is 0.282. The van der Waals surface area contributed by atoms with Crippen LogP contribution in [0.2, 0.25) is 0 Å². The van der Waals surface area contributed by atoms with Crippen molar-refractivity contribution < 1.29 is 31.7 Å². The summed E-state index contributed by atoms with van der Waals surface area (Å²) in [6.45, 7) is -0.895. The fraction of sp³-hybridized carbons (Fsp3) is 0.833. The molecule has 0 spiro atoms. The van der Waals surface area contributed by atoms with Crippen LogP contribution in [0.1, 0.15) is 1.37 Å². The van der Waals surface area contributed by atoms with Crippen LogP contribution in [0.4, 0.5) is 0 Å². The molecule has 0 heterocycles. The Kier molecular flexibility index (Phi) is 4.12. The standard InChI is InChI=1S/C6H12O6/c7-1-3(9)5(11)6(12)4(10)2-8/h1,3-6,8-12H,2H2/t3-,4+,5+,6-/m0/s1/i5D. The van der Waals surface area contributed by atoms with E-state index in [4.69, 9.17) is 26.9 Å². The third kappa shape index (κ3) is 2.84. The highest BCUT2D eigenvalue weighted by Crippen LogP contribution is 2.02. The Hall–Kier alpha value is -0.530. The molecule has 0 aromatic rings. The van der Waals surface area contributed by atoms with Gasteiger partial charge in [0.2, 0.25) is 0 Å². The average Bonchev–Trinajstić information content (AvgIpc) is 2.13. The lowest BCUT2D eigenvalue weighted by molar-refractivity contribution is -0.136. The lowest BCUT2D eigenvalue weighted by Gasteiger charge is -2.22. The number of aldehydes is 1. The monoisotopic (exact) mass is 181 g/mol. The molecule has 0 unspecified atom stereocenters. The van der Waals surface area contributed by atoms with E-state index in [1.165, 1.54) is 0 Å². The molecule has 0 aromatic heterocycles. The van der Waals surface area contributed by atoms with E-state index in [0.717, 1.165) is 0 Å². The van der Waals surface area contributed by atoms with E-state index in [0.29, 0.717) is 0 Å². The SMILES string of the molecule is [2H][C@@](O)([C@@H](O)C=O)[C@@H](O)[C@H](O)CO. The number of aliphatic hydroxyl groups is 5. The van der Waals surface area contributed by atoms with Crippen molar-refractivity contribution in [2.75, 3.05) is 6.61 Å². The average molecular weight is 181 g/mol. The molecule has 0 saturated carbocycles. The molecule has 0 aliphatic heterocycles. The summed E-state index contributed by atoms with van der Waals surface area (Å²) in [5.74, 6) is 0. The van der Waals surface area contributed by atoms with Gasteiger partial charge in [0.25, 0.3) is 0 Å². The number of carbonyl (C=O) groups excluding carboxylic acids is 1. The Morgan fingerprint density at radius 3 is 2.17 bits per heavy atom. The molecule has 0 rings (SSSR count). The minimum Gasteiger partial charge on any atom is -0.394 e. The van der Waals surface area contributed by atoms with E-state index in [2.05, 4.69) is 0 Å². The number of hydrogen-bond acceptors (Lipinski definition) is 6. The predicted molar refractivity (Wildman–Crippen MR) is 37.2 cm³/mol. The maximum atomic E-state index is 9.98. The molecule has 0 bridgehead atoms. The second-order valence-electron chi connectivity index (χ2n) is 2.20. The van der Waals surface area contributed by atoms with Crippen molar-refractivity contribution >= 4 is 6.29 Å². The van der Waals surface area contributed by atoms with E-state index in [1.54, 1.807) is 0 Å². The fourth-order valence-electron chi connectivity index (χ4n) is 0.542. The predicted octanol–water partition coefficient (Wildman–Crippen LogP) is -3.38. The highest BCUT2D eigenvalue weighted by Gasteiger charge is 2.29. The van der Waals surface area contributed by atoms with Crippen molar-refractivity contribution in [3.63, 3.8) is 0 Å². The van der Waals surface area contributed by atoms with Gasteiger partial charge in [-0.25, -0.2) is 0 Å². The van der Waals surface area contributed by atoms with Crippen LogP contribution in [0.15, 0.2) is 0 Å². The zero-order valence-electron chi connectivity index (χ0n) is 7.16. The Labute approximate surface area is 70.1 Å². The number of hydrogen-bond donors (Lipinski definition) is 5. The van der Waals surface area contributed by atoms with Gasteiger partial charge in [0.15, 0.2) is 6.29 Å². The molecular formula is C6H12O6. The van der Waals surface area contributed by atoms with Gasteiger partial charge >= 0.3 is 0 Å². The van der Waals surface area contributed by atoms with Gasteiger partial charge in [0, 0.05) is 0 Å². The van der Waals surface area contributed by atoms with Crippen molar-refractivity contribution in [2.24, 2.45) is 0 Å². The summed E-state index contributed by atoms with van der Waals surface area (Å²) < 4.78 is 6.93. The zero-order valence-corrected chi connectivity index (χ0v) is 6.16. The van der Waals surface area contributed by atoms with E-state index < -0.39 is 31.0 Å². The second kappa shape index (κ2) is 5.18. The van der Waals surface area contributed by atoms with Gasteiger partial charge in [0.05, 0.1) is 7.98 Å². The van der Waals surface area contributed by atoms with Crippen LogP contribution >= 0.6 is 0 Å². The number of carbonyl (C=O) groups is 1. The van der Waals surface area contributed by atoms with Gasteiger partial charge in [-0.05, 0) is 0 Å². The van der Waals surface area contributed by atoms with Crippen LogP contribution in [-0.4, -0.2) is 62.8 Å². The van der Waals surface area contributed by atoms with Crippen molar-refractivity contribution in [3.05, 3.63) is 0 Å². The first-order valence-corrected chi connectivity index (χ1v) is 3.20. The van der Waals surface area contributed by atoms with E-state index in [9.17, 15) is 4.79 Å². The molecule has 6 nitrogen and oxygen atoms in total. The zero-order chi connectivity index (χ0) is 10.6. The van der Waals surface area contributed by atoms with Crippen molar-refractivity contribution in [1.82, 2.24) is 0 Å². The van der Waals surface area contributed by atoms with Crippen LogP contribution < -0.4 is 0 Å². The topological polar surface area (TPSA) is 118 Å². The summed E-state index contributed by atoms with van der Waals surface area (Å²) in [5, 5.41) is 43.9. The molecule has 0 fully saturated rings. The summed E-state index contributed by atoms with van der Waals surface area (Å²) in [7, 11) is 0. The van der Waals surface area contributed by atoms with Crippen molar-refractivity contribution in [3.8, 4) is 0 Å². The Morgan fingerprint density at radius 1 is 1.33 bits per heavy atom. The van der Waals surface area contributed by atoms with Gasteiger partial charge in [-0.3, -0.25) is 0 Å². The first-order valence-electron chi connectivity index (χ1n) is 3.70. The smallest absolute Gasteiger partial charge is 0.151 e. The Balaban J connectivity index is 4.51. The third-order valence-corrected chi connectivity index (χ3v) is 1.29. The first kappa shape index (κ1) is 9.56. The van der Waals surface area contributed by atoms with Crippen LogP contribution in [0, 0.1) is 0 Å². The Bertz CT molecular complexity index is 173. The van der Waals surface area contributed by atoms with Gasteiger partial charge < -0.3 is 30.3 Å². The molecule has 12 heavy (non-hydrogen) atoms. The summed E-state index contributed by atoms with van der Waals surface area (Å²) in [6.07, 6.45) is -9.15. The highest BCUT2D eigenvalue weighted by molar-refractivity contribution is 5.56. The van der Waals surface area contributed by atoms with Crippen LogP contribution in [0.3, 0.4) is 0 Å². The minimum atomic E-state index is -2.93. The highest BCUT2D eigenvalue weighted by atomic mass is 16.4. The molecule has 5 N–H and O–H groups in total. The van der Waals surface area contributed by atoms with E-state index in [-0.39, 0.29) is 6.29 Å². The molecular weight excluding hydrogens is 168 g/mol. The van der Waals surface area contributed by atoms with Gasteiger partial charge in [-0.2, -0.15) is 0 Å². The van der Waals surface area contributed by atoms with Crippen LogP contribution in [-0.2, 0) is 4.79 Å². The molecule has 0 saturated heterocycles. The first-order chi connectivity index (χ1) is 5.87. The lowest BCUT2D eigenvalue weighted by Crippen LogP contribution is -2.46. The number of rotatable bonds is 5. The van der Waals surface area contributed by atoms with Crippen LogP contribution in [0.25, 0.3) is 0 Å². The molecule has 0 aromatic carbocycles. The van der Waals surface area contributed by atoms with Gasteiger partial charge in [0.1, 0.15) is 24.4 Å². The van der Waals surface area contributed by atoms with Crippen molar-refractivity contribution in [1.29, 1.82) is 0 Å². The van der Waals surface area contributed by atoms with Crippen LogP contribution in [0.5, 0.6) is 0 Å². The second-order valence-corrected chi connectivity index (χ2v) is 2.20. The van der Waals surface area contributed by atoms with Gasteiger partial charge in [-0.1, -0.05) is 0 Å². The van der Waals surface area contributed by atoms with E-state index in [1.807, 2.05) is 0 Å². The van der Waals surface area contributed by atoms with Crippen molar-refractivity contribution in [2.45, 2.75) is 24.4 Å². The fourth-order valence-corrected chi connectivity index (χ4v) is 0.542. The lowest BCUT2D eigenvalue weighted by atomic mass is 10.0. The van der Waals surface area contributed by atoms with E-state index >= 15 is 0 Å². The normalized spacial score (nSPS) is 24.9. The summed E-state index contributed by atoms with van der Waals surface area (Å²) in [5.41, 5.74) is 0. The largest absolute Gasteiger partial charge is 0.394 e. The molecule has 4 atom stereocenters. The Morgan fingerprint density at radius 2 is 1.83 bits per heavy atom. The summed E-state index contributed by atoms with van der Waals surface area (Å²) in [4.78, 5) is 9.98. The number of aliphatic hydroxyl groups excluding tert-OH is 4. The maximum absolute atomic E-state index is 9.98. The summed E-state index contributed by atoms with van der Waals surface area (Å²) in [6, 6.07) is 0. The third-order valence-electron chi connectivity index (χ3n) is 1.29.